The first kappa shape index (κ1) is 19.4. The second kappa shape index (κ2) is 8.61. The van der Waals surface area contributed by atoms with Crippen LogP contribution in [0.1, 0.15) is 32.6 Å². The molecule has 1 saturated heterocycles. The number of aliphatic imine (C=N–C) groups is 1. The zero-order chi connectivity index (χ0) is 20.2. The largest absolute Gasteiger partial charge is 0.397 e. The highest BCUT2D eigenvalue weighted by Gasteiger charge is 2.17. The average Bonchev–Trinajstić information content (AvgIpc) is 3.07. The fraction of sp³-hybridized carbons (Fsp3) is 0.409. The first-order valence-electron chi connectivity index (χ1n) is 10.3. The van der Waals surface area contributed by atoms with Gasteiger partial charge in [-0.1, -0.05) is 12.5 Å². The van der Waals surface area contributed by atoms with Crippen molar-refractivity contribution >= 4 is 28.5 Å². The van der Waals surface area contributed by atoms with Gasteiger partial charge >= 0.3 is 0 Å². The minimum absolute atomic E-state index is 0.0719. The predicted octanol–water partition coefficient (Wildman–Crippen LogP) is 3.07. The number of pyridine rings is 1. The van der Waals surface area contributed by atoms with E-state index in [1.807, 2.05) is 28.9 Å². The van der Waals surface area contributed by atoms with Crippen molar-refractivity contribution in [3.8, 4) is 0 Å². The fourth-order valence-electron chi connectivity index (χ4n) is 3.81. The number of ketones is 1. The molecule has 1 fully saturated rings. The Hall–Kier alpha value is -2.93. The van der Waals surface area contributed by atoms with Gasteiger partial charge in [-0.25, -0.2) is 9.51 Å². The van der Waals surface area contributed by atoms with E-state index in [-0.39, 0.29) is 5.78 Å². The quantitative estimate of drug-likeness (QED) is 0.583. The Labute approximate surface area is 171 Å². The molecule has 2 aliphatic rings. The van der Waals surface area contributed by atoms with Crippen molar-refractivity contribution in [3.63, 3.8) is 0 Å². The molecule has 0 spiro atoms. The van der Waals surface area contributed by atoms with Crippen molar-refractivity contribution in [2.75, 3.05) is 31.5 Å². The highest BCUT2D eigenvalue weighted by molar-refractivity contribution is 6.22. The molecular weight excluding hydrogens is 364 g/mol. The Morgan fingerprint density at radius 2 is 2.03 bits per heavy atom. The maximum atomic E-state index is 11.8. The summed E-state index contributed by atoms with van der Waals surface area (Å²) in [6.07, 6.45) is 10.1. The number of hydrogen-bond donors (Lipinski definition) is 2. The van der Waals surface area contributed by atoms with Crippen LogP contribution >= 0.6 is 0 Å². The molecule has 1 aliphatic carbocycles. The van der Waals surface area contributed by atoms with E-state index in [0.29, 0.717) is 17.0 Å². The number of aromatic nitrogens is 2. The monoisotopic (exact) mass is 392 g/mol. The minimum Gasteiger partial charge on any atom is -0.397 e. The van der Waals surface area contributed by atoms with Crippen LogP contribution in [-0.4, -0.2) is 52.2 Å². The summed E-state index contributed by atoms with van der Waals surface area (Å²) in [5.74, 6) is 0.662. The van der Waals surface area contributed by atoms with Crippen LogP contribution in [-0.2, 0) is 4.79 Å². The van der Waals surface area contributed by atoms with Gasteiger partial charge in [-0.05, 0) is 69.6 Å². The molecule has 0 aromatic carbocycles. The molecule has 0 unspecified atom stereocenters. The summed E-state index contributed by atoms with van der Waals surface area (Å²) in [6, 6.07) is 5.88. The third kappa shape index (κ3) is 4.40. The Morgan fingerprint density at radius 3 is 2.86 bits per heavy atom. The zero-order valence-corrected chi connectivity index (χ0v) is 16.9. The molecule has 2 aromatic rings. The second-order valence-corrected chi connectivity index (χ2v) is 7.70. The number of nitrogens with zero attached hydrogens (tertiary/aromatic N) is 4. The lowest BCUT2D eigenvalue weighted by atomic mass is 10.0. The lowest BCUT2D eigenvalue weighted by molar-refractivity contribution is -0.111. The molecule has 7 nitrogen and oxygen atoms in total. The van der Waals surface area contributed by atoms with Gasteiger partial charge < -0.3 is 16.0 Å². The van der Waals surface area contributed by atoms with E-state index >= 15 is 0 Å². The van der Waals surface area contributed by atoms with Crippen molar-refractivity contribution in [2.45, 2.75) is 32.6 Å². The van der Waals surface area contributed by atoms with Crippen LogP contribution in [0.3, 0.4) is 0 Å². The first-order chi connectivity index (χ1) is 14.1. The molecule has 0 amide bonds. The molecule has 0 atom stereocenters. The number of allylic oxidation sites excluding steroid dienone is 3. The van der Waals surface area contributed by atoms with Crippen LogP contribution in [0.5, 0.6) is 0 Å². The zero-order valence-electron chi connectivity index (χ0n) is 16.9. The number of carbonyl (C=O) groups excluding carboxylic acids is 1. The van der Waals surface area contributed by atoms with Gasteiger partial charge in [0.15, 0.2) is 11.6 Å². The maximum absolute atomic E-state index is 11.8. The SMILES string of the molecule is CC1=C/C(=N\c2c(NCCCN3CCCCC3)nn3ccccc23)C(N)=CC1=O. The van der Waals surface area contributed by atoms with E-state index < -0.39 is 0 Å². The van der Waals surface area contributed by atoms with Crippen molar-refractivity contribution in [1.29, 1.82) is 0 Å². The Kier molecular flexibility index (Phi) is 5.76. The number of fused-ring (bicyclic) bond motifs is 1. The van der Waals surface area contributed by atoms with Gasteiger partial charge in [0.25, 0.3) is 0 Å². The van der Waals surface area contributed by atoms with Gasteiger partial charge in [-0.2, -0.15) is 0 Å². The smallest absolute Gasteiger partial charge is 0.183 e. The highest BCUT2D eigenvalue weighted by Crippen LogP contribution is 2.31. The van der Waals surface area contributed by atoms with Crippen molar-refractivity contribution in [2.24, 2.45) is 10.7 Å². The van der Waals surface area contributed by atoms with Gasteiger partial charge in [0.2, 0.25) is 0 Å². The molecule has 1 aliphatic heterocycles. The topological polar surface area (TPSA) is 88.0 Å². The second-order valence-electron chi connectivity index (χ2n) is 7.70. The summed E-state index contributed by atoms with van der Waals surface area (Å²) >= 11 is 0. The molecule has 29 heavy (non-hydrogen) atoms. The van der Waals surface area contributed by atoms with Gasteiger partial charge in [0, 0.05) is 18.8 Å². The van der Waals surface area contributed by atoms with Crippen molar-refractivity contribution < 1.29 is 4.79 Å². The number of anilines is 1. The maximum Gasteiger partial charge on any atom is 0.183 e. The number of nitrogens with one attached hydrogen (secondary N) is 1. The predicted molar refractivity (Wildman–Crippen MR) is 117 cm³/mol. The first-order valence-corrected chi connectivity index (χ1v) is 10.3. The Balaban J connectivity index is 1.54. The molecule has 0 radical (unpaired) electrons. The van der Waals surface area contributed by atoms with Gasteiger partial charge in [0.1, 0.15) is 5.69 Å². The molecule has 3 heterocycles. The van der Waals surface area contributed by atoms with Crippen LogP contribution in [0, 0.1) is 0 Å². The Morgan fingerprint density at radius 1 is 1.21 bits per heavy atom. The Bertz CT molecular complexity index is 994. The molecule has 4 rings (SSSR count). The van der Waals surface area contributed by atoms with E-state index in [2.05, 4.69) is 15.3 Å². The number of rotatable bonds is 6. The molecular formula is C22H28N6O. The lowest BCUT2D eigenvalue weighted by Gasteiger charge is -2.26. The third-order valence-corrected chi connectivity index (χ3v) is 5.46. The van der Waals surface area contributed by atoms with Crippen LogP contribution < -0.4 is 11.1 Å². The van der Waals surface area contributed by atoms with Crippen molar-refractivity contribution in [3.05, 3.63) is 47.8 Å². The number of piperidine rings is 1. The minimum atomic E-state index is -0.0719. The summed E-state index contributed by atoms with van der Waals surface area (Å²) in [5.41, 5.74) is 9.31. The van der Waals surface area contributed by atoms with E-state index in [0.717, 1.165) is 36.5 Å². The summed E-state index contributed by atoms with van der Waals surface area (Å²) in [5, 5.41) is 8.11. The van der Waals surface area contributed by atoms with Gasteiger partial charge in [-0.15, -0.1) is 5.10 Å². The van der Waals surface area contributed by atoms with E-state index in [9.17, 15) is 4.79 Å². The summed E-state index contributed by atoms with van der Waals surface area (Å²) in [6.45, 7) is 6.13. The number of likely N-dealkylation sites (tertiary alicyclic amines) is 1. The number of carbonyl (C=O) groups is 1. The fourth-order valence-corrected chi connectivity index (χ4v) is 3.81. The van der Waals surface area contributed by atoms with E-state index in [4.69, 9.17) is 10.7 Å². The van der Waals surface area contributed by atoms with E-state index in [1.54, 1.807) is 13.0 Å². The van der Waals surface area contributed by atoms with Gasteiger partial charge in [-0.3, -0.25) is 4.79 Å². The molecule has 0 saturated carbocycles. The molecule has 2 aromatic heterocycles. The third-order valence-electron chi connectivity index (χ3n) is 5.46. The number of nitrogens with two attached hydrogens (primary N) is 1. The molecule has 7 heteroatoms. The normalized spacial score (nSPS) is 19.5. The molecule has 152 valence electrons. The molecule has 0 bridgehead atoms. The highest BCUT2D eigenvalue weighted by atomic mass is 16.1. The van der Waals surface area contributed by atoms with Crippen LogP contribution in [0.4, 0.5) is 11.5 Å². The van der Waals surface area contributed by atoms with Gasteiger partial charge in [0.05, 0.1) is 16.9 Å². The lowest BCUT2D eigenvalue weighted by Crippen LogP contribution is -2.31. The summed E-state index contributed by atoms with van der Waals surface area (Å²) in [4.78, 5) is 19.1. The van der Waals surface area contributed by atoms with Crippen molar-refractivity contribution in [1.82, 2.24) is 14.5 Å². The van der Waals surface area contributed by atoms with E-state index in [1.165, 1.54) is 38.4 Å². The van der Waals surface area contributed by atoms with Crippen LogP contribution in [0.2, 0.25) is 0 Å². The summed E-state index contributed by atoms with van der Waals surface area (Å²) in [7, 11) is 0. The van der Waals surface area contributed by atoms with Crippen LogP contribution in [0.25, 0.3) is 5.52 Å². The number of hydrogen-bond acceptors (Lipinski definition) is 6. The van der Waals surface area contributed by atoms with Crippen LogP contribution in [0.15, 0.2) is 52.8 Å². The summed E-state index contributed by atoms with van der Waals surface area (Å²) < 4.78 is 1.82. The molecule has 3 N–H and O–H groups in total. The average molecular weight is 393 g/mol. The standard InChI is InChI=1S/C22H28N6O/c1-16-14-18(17(23)15-20(16)29)25-21-19-8-3-6-13-28(19)26-22(21)24-9-7-12-27-10-4-2-5-11-27/h3,6,8,13-15H,2,4-5,7,9-12,23H2,1H3,(H,24,26)/b25-18+.